The number of sulfonamides is 1. The molecule has 0 saturated carbocycles. The third-order valence-corrected chi connectivity index (χ3v) is 7.82. The van der Waals surface area contributed by atoms with E-state index in [9.17, 15) is 18.0 Å². The summed E-state index contributed by atoms with van der Waals surface area (Å²) >= 11 is 0. The third kappa shape index (κ3) is 5.95. The molecule has 1 heterocycles. The standard InChI is InChI=1S/C24H31N3O4S/c1-18-12-13-19(2)22(16-18)32(30,31)27-15-7-11-21(27)17-26-24(29)23(28)25-14-6-10-20-8-4-3-5-9-20/h3-5,8-9,12-13,16,21H,6-7,10-11,14-15,17H2,1-2H3,(H,25,28)(H,26,29). The first-order valence-corrected chi connectivity index (χ1v) is 12.4. The van der Waals surface area contributed by atoms with Gasteiger partial charge in [-0.3, -0.25) is 9.59 Å². The van der Waals surface area contributed by atoms with E-state index in [1.165, 1.54) is 9.87 Å². The van der Waals surface area contributed by atoms with Crippen LogP contribution in [0.1, 0.15) is 36.0 Å². The van der Waals surface area contributed by atoms with Gasteiger partial charge in [0.25, 0.3) is 0 Å². The first-order valence-electron chi connectivity index (χ1n) is 11.0. The van der Waals surface area contributed by atoms with Crippen LogP contribution in [0, 0.1) is 13.8 Å². The quantitative estimate of drug-likeness (QED) is 0.470. The summed E-state index contributed by atoms with van der Waals surface area (Å²) < 4.78 is 27.9. The smallest absolute Gasteiger partial charge is 0.309 e. The van der Waals surface area contributed by atoms with E-state index in [2.05, 4.69) is 10.6 Å². The maximum atomic E-state index is 13.2. The van der Waals surface area contributed by atoms with Gasteiger partial charge in [0.2, 0.25) is 10.0 Å². The molecule has 0 bridgehead atoms. The fourth-order valence-corrected chi connectivity index (χ4v) is 5.96. The Kier molecular flexibility index (Phi) is 8.04. The van der Waals surface area contributed by atoms with Gasteiger partial charge in [-0.15, -0.1) is 0 Å². The lowest BCUT2D eigenvalue weighted by Crippen LogP contribution is -2.47. The number of hydrogen-bond acceptors (Lipinski definition) is 4. The van der Waals surface area contributed by atoms with Gasteiger partial charge in [0, 0.05) is 25.7 Å². The van der Waals surface area contributed by atoms with Crippen molar-refractivity contribution in [3.63, 3.8) is 0 Å². The van der Waals surface area contributed by atoms with Crippen LogP contribution in [0.3, 0.4) is 0 Å². The first kappa shape index (κ1) is 23.9. The van der Waals surface area contributed by atoms with Crippen molar-refractivity contribution in [1.82, 2.24) is 14.9 Å². The lowest BCUT2D eigenvalue weighted by atomic mass is 10.1. The van der Waals surface area contributed by atoms with Crippen molar-refractivity contribution in [2.75, 3.05) is 19.6 Å². The van der Waals surface area contributed by atoms with E-state index in [4.69, 9.17) is 0 Å². The number of rotatable bonds is 8. The Morgan fingerprint density at radius 2 is 1.75 bits per heavy atom. The summed E-state index contributed by atoms with van der Waals surface area (Å²) in [5.74, 6) is -1.43. The molecular formula is C24H31N3O4S. The normalized spacial score (nSPS) is 16.6. The molecule has 2 aromatic rings. The van der Waals surface area contributed by atoms with Gasteiger partial charge >= 0.3 is 11.8 Å². The van der Waals surface area contributed by atoms with Crippen molar-refractivity contribution in [2.24, 2.45) is 0 Å². The summed E-state index contributed by atoms with van der Waals surface area (Å²) in [7, 11) is -3.67. The highest BCUT2D eigenvalue weighted by Gasteiger charge is 2.36. The minimum Gasteiger partial charge on any atom is -0.348 e. The molecule has 1 fully saturated rings. The Morgan fingerprint density at radius 3 is 2.50 bits per heavy atom. The number of amides is 2. The van der Waals surface area contributed by atoms with Crippen LogP contribution in [0.4, 0.5) is 0 Å². The summed E-state index contributed by atoms with van der Waals surface area (Å²) in [4.78, 5) is 24.6. The maximum Gasteiger partial charge on any atom is 0.309 e. The van der Waals surface area contributed by atoms with Gasteiger partial charge in [-0.25, -0.2) is 8.42 Å². The van der Waals surface area contributed by atoms with E-state index in [0.717, 1.165) is 24.8 Å². The second-order valence-electron chi connectivity index (χ2n) is 8.24. The second kappa shape index (κ2) is 10.7. The number of nitrogens with one attached hydrogen (secondary N) is 2. The van der Waals surface area contributed by atoms with Crippen molar-refractivity contribution in [3.8, 4) is 0 Å². The molecule has 0 aliphatic carbocycles. The molecule has 8 heteroatoms. The topological polar surface area (TPSA) is 95.6 Å². The van der Waals surface area contributed by atoms with Gasteiger partial charge in [0.05, 0.1) is 4.90 Å². The Balaban J connectivity index is 1.50. The largest absolute Gasteiger partial charge is 0.348 e. The highest BCUT2D eigenvalue weighted by Crippen LogP contribution is 2.28. The summed E-state index contributed by atoms with van der Waals surface area (Å²) in [6.45, 7) is 4.56. The van der Waals surface area contributed by atoms with Gasteiger partial charge in [0.15, 0.2) is 0 Å². The summed E-state index contributed by atoms with van der Waals surface area (Å²) in [6, 6.07) is 14.9. The molecule has 7 nitrogen and oxygen atoms in total. The van der Waals surface area contributed by atoms with Gasteiger partial charge in [-0.1, -0.05) is 42.5 Å². The number of carbonyl (C=O) groups is 2. The van der Waals surface area contributed by atoms with E-state index in [1.807, 2.05) is 43.3 Å². The molecule has 0 radical (unpaired) electrons. The maximum absolute atomic E-state index is 13.2. The molecule has 1 atom stereocenters. The van der Waals surface area contributed by atoms with Crippen LogP contribution in [0.15, 0.2) is 53.4 Å². The lowest BCUT2D eigenvalue weighted by Gasteiger charge is -2.25. The third-order valence-electron chi connectivity index (χ3n) is 5.73. The average Bonchev–Trinajstić information content (AvgIpc) is 3.27. The predicted octanol–water partition coefficient (Wildman–Crippen LogP) is 2.32. The summed E-state index contributed by atoms with van der Waals surface area (Å²) in [5.41, 5.74) is 2.75. The van der Waals surface area contributed by atoms with Crippen LogP contribution in [0.2, 0.25) is 0 Å². The number of nitrogens with zero attached hydrogens (tertiary/aromatic N) is 1. The molecule has 1 saturated heterocycles. The Hall–Kier alpha value is -2.71. The highest BCUT2D eigenvalue weighted by atomic mass is 32.2. The number of aryl methyl sites for hydroxylation is 3. The zero-order valence-electron chi connectivity index (χ0n) is 18.6. The van der Waals surface area contributed by atoms with E-state index in [-0.39, 0.29) is 12.6 Å². The summed E-state index contributed by atoms with van der Waals surface area (Å²) in [5, 5.41) is 5.23. The zero-order chi connectivity index (χ0) is 23.1. The molecule has 32 heavy (non-hydrogen) atoms. The molecule has 0 aromatic heterocycles. The molecule has 2 aromatic carbocycles. The molecule has 1 aliphatic rings. The summed E-state index contributed by atoms with van der Waals surface area (Å²) in [6.07, 6.45) is 2.91. The van der Waals surface area contributed by atoms with Crippen LogP contribution >= 0.6 is 0 Å². The predicted molar refractivity (Wildman–Crippen MR) is 124 cm³/mol. The minimum absolute atomic E-state index is 0.111. The molecule has 2 amide bonds. The van der Waals surface area contributed by atoms with E-state index < -0.39 is 21.8 Å². The van der Waals surface area contributed by atoms with Crippen molar-refractivity contribution >= 4 is 21.8 Å². The second-order valence-corrected chi connectivity index (χ2v) is 10.1. The van der Waals surface area contributed by atoms with E-state index in [1.54, 1.807) is 19.1 Å². The average molecular weight is 458 g/mol. The van der Waals surface area contributed by atoms with Crippen LogP contribution < -0.4 is 10.6 Å². The fourth-order valence-electron chi connectivity index (χ4n) is 3.95. The SMILES string of the molecule is Cc1ccc(C)c(S(=O)(=O)N2CCCC2CNC(=O)C(=O)NCCCc2ccccc2)c1. The zero-order valence-corrected chi connectivity index (χ0v) is 19.5. The number of benzene rings is 2. The van der Waals surface area contributed by atoms with Crippen molar-refractivity contribution in [3.05, 3.63) is 65.2 Å². The van der Waals surface area contributed by atoms with Crippen LogP contribution in [-0.4, -0.2) is 50.2 Å². The van der Waals surface area contributed by atoms with Crippen molar-refractivity contribution in [1.29, 1.82) is 0 Å². The fraction of sp³-hybridized carbons (Fsp3) is 0.417. The number of carbonyl (C=O) groups excluding carboxylic acids is 2. The first-order chi connectivity index (χ1) is 15.3. The van der Waals surface area contributed by atoms with Crippen LogP contribution in [0.25, 0.3) is 0 Å². The lowest BCUT2D eigenvalue weighted by molar-refractivity contribution is -0.139. The van der Waals surface area contributed by atoms with Crippen molar-refractivity contribution in [2.45, 2.75) is 50.5 Å². The monoisotopic (exact) mass is 457 g/mol. The minimum atomic E-state index is -3.67. The molecule has 1 aliphatic heterocycles. The molecule has 172 valence electrons. The Labute approximate surface area is 190 Å². The van der Waals surface area contributed by atoms with Gasteiger partial charge in [0.1, 0.15) is 0 Å². The van der Waals surface area contributed by atoms with Gasteiger partial charge in [-0.2, -0.15) is 4.31 Å². The molecule has 2 N–H and O–H groups in total. The molecule has 1 unspecified atom stereocenters. The van der Waals surface area contributed by atoms with Gasteiger partial charge in [-0.05, 0) is 62.3 Å². The number of hydrogen-bond donors (Lipinski definition) is 2. The van der Waals surface area contributed by atoms with Crippen LogP contribution in [-0.2, 0) is 26.0 Å². The van der Waals surface area contributed by atoms with E-state index >= 15 is 0 Å². The Morgan fingerprint density at radius 1 is 1.03 bits per heavy atom. The van der Waals surface area contributed by atoms with Gasteiger partial charge < -0.3 is 10.6 Å². The Bertz CT molecular complexity index is 1050. The highest BCUT2D eigenvalue weighted by molar-refractivity contribution is 7.89. The van der Waals surface area contributed by atoms with Crippen LogP contribution in [0.5, 0.6) is 0 Å². The van der Waals surface area contributed by atoms with E-state index in [0.29, 0.717) is 30.0 Å². The molecule has 3 rings (SSSR count). The molecular weight excluding hydrogens is 426 g/mol. The van der Waals surface area contributed by atoms with Crippen molar-refractivity contribution < 1.29 is 18.0 Å². The molecule has 0 spiro atoms.